The van der Waals surface area contributed by atoms with Crippen LogP contribution in [-0.2, 0) is 47.7 Å². The minimum atomic E-state index is -1.76. The molecular formula is C21H24O11. The molecule has 0 saturated heterocycles. The van der Waals surface area contributed by atoms with E-state index in [9.17, 15) is 29.1 Å². The SMILES string of the molecule is C=CC(=O)OC[C@@H](OC(=O)C=C)[C@@H](OC(=O)C=C)[C@H](OC(=O)C=C)[C@@H](CO)OC(=O)C=C. The Morgan fingerprint density at radius 3 is 1.31 bits per heavy atom. The van der Waals surface area contributed by atoms with Crippen LogP contribution in [0.15, 0.2) is 63.3 Å². The average molecular weight is 452 g/mol. The van der Waals surface area contributed by atoms with Crippen molar-refractivity contribution in [1.82, 2.24) is 0 Å². The summed E-state index contributed by atoms with van der Waals surface area (Å²) in [6, 6.07) is 0. The van der Waals surface area contributed by atoms with Crippen LogP contribution in [0.1, 0.15) is 0 Å². The topological polar surface area (TPSA) is 152 Å². The van der Waals surface area contributed by atoms with Crippen molar-refractivity contribution >= 4 is 29.8 Å². The number of hydrogen-bond acceptors (Lipinski definition) is 11. The van der Waals surface area contributed by atoms with Crippen LogP contribution >= 0.6 is 0 Å². The molecule has 0 spiro atoms. The van der Waals surface area contributed by atoms with Crippen LogP contribution in [-0.4, -0.2) is 72.6 Å². The summed E-state index contributed by atoms with van der Waals surface area (Å²) >= 11 is 0. The van der Waals surface area contributed by atoms with Gasteiger partial charge in [0.1, 0.15) is 6.61 Å². The van der Waals surface area contributed by atoms with E-state index >= 15 is 0 Å². The third-order valence-electron chi connectivity index (χ3n) is 3.50. The summed E-state index contributed by atoms with van der Waals surface area (Å²) in [5, 5.41) is 9.72. The Morgan fingerprint density at radius 2 is 0.938 bits per heavy atom. The molecule has 174 valence electrons. The number of ether oxygens (including phenoxy) is 5. The zero-order valence-corrected chi connectivity index (χ0v) is 17.2. The minimum absolute atomic E-state index is 0.713. The highest BCUT2D eigenvalue weighted by atomic mass is 16.6. The molecule has 0 heterocycles. The third kappa shape index (κ3) is 9.67. The Balaban J connectivity index is 6.43. The molecule has 0 bridgehead atoms. The number of hydrogen-bond donors (Lipinski definition) is 1. The van der Waals surface area contributed by atoms with E-state index in [1.807, 2.05) is 0 Å². The first-order valence-electron chi connectivity index (χ1n) is 8.89. The lowest BCUT2D eigenvalue weighted by Gasteiger charge is -2.34. The predicted molar refractivity (Wildman–Crippen MR) is 109 cm³/mol. The molecule has 11 heteroatoms. The van der Waals surface area contributed by atoms with Crippen molar-refractivity contribution in [3.63, 3.8) is 0 Å². The lowest BCUT2D eigenvalue weighted by molar-refractivity contribution is -0.201. The quantitative estimate of drug-likeness (QED) is 0.204. The summed E-state index contributed by atoms with van der Waals surface area (Å²) in [6.07, 6.45) is -2.95. The van der Waals surface area contributed by atoms with Crippen LogP contribution < -0.4 is 0 Å². The number of aliphatic hydroxyl groups excluding tert-OH is 1. The van der Waals surface area contributed by atoms with Crippen LogP contribution in [0.2, 0.25) is 0 Å². The molecule has 0 saturated carbocycles. The first-order valence-corrected chi connectivity index (χ1v) is 8.89. The molecule has 0 aromatic carbocycles. The van der Waals surface area contributed by atoms with Crippen LogP contribution in [0.5, 0.6) is 0 Å². The van der Waals surface area contributed by atoms with Crippen molar-refractivity contribution in [2.45, 2.75) is 24.4 Å². The molecule has 0 unspecified atom stereocenters. The largest absolute Gasteiger partial charge is 0.458 e. The molecular weight excluding hydrogens is 428 g/mol. The summed E-state index contributed by atoms with van der Waals surface area (Å²) in [7, 11) is 0. The van der Waals surface area contributed by atoms with Gasteiger partial charge in [0.25, 0.3) is 0 Å². The van der Waals surface area contributed by atoms with Crippen molar-refractivity contribution in [2.24, 2.45) is 0 Å². The number of esters is 5. The highest BCUT2D eigenvalue weighted by molar-refractivity contribution is 5.84. The highest BCUT2D eigenvalue weighted by Crippen LogP contribution is 2.20. The molecule has 0 aromatic rings. The lowest BCUT2D eigenvalue weighted by atomic mass is 10.0. The van der Waals surface area contributed by atoms with Crippen molar-refractivity contribution < 1.29 is 52.8 Å². The lowest BCUT2D eigenvalue weighted by Crippen LogP contribution is -2.54. The van der Waals surface area contributed by atoms with E-state index in [1.165, 1.54) is 0 Å². The molecule has 4 atom stereocenters. The zero-order valence-electron chi connectivity index (χ0n) is 17.2. The highest BCUT2D eigenvalue weighted by Gasteiger charge is 2.44. The van der Waals surface area contributed by atoms with Crippen molar-refractivity contribution in [2.75, 3.05) is 13.2 Å². The minimum Gasteiger partial charge on any atom is -0.458 e. The second-order valence-electron chi connectivity index (χ2n) is 5.59. The van der Waals surface area contributed by atoms with Gasteiger partial charge >= 0.3 is 29.8 Å². The maximum absolute atomic E-state index is 12.0. The Labute approximate surface area is 184 Å². The maximum atomic E-state index is 12.0. The Kier molecular flexibility index (Phi) is 13.0. The first-order chi connectivity index (χ1) is 15.2. The summed E-state index contributed by atoms with van der Waals surface area (Å²) in [5.41, 5.74) is 0. The average Bonchev–Trinajstić information content (AvgIpc) is 2.81. The molecule has 0 aliphatic carbocycles. The van der Waals surface area contributed by atoms with E-state index in [1.54, 1.807) is 0 Å². The van der Waals surface area contributed by atoms with Crippen LogP contribution in [0.4, 0.5) is 0 Å². The number of carbonyl (C=O) groups excluding carboxylic acids is 5. The fraction of sp³-hybridized carbons (Fsp3) is 0.286. The number of aliphatic hydroxyl groups is 1. The van der Waals surface area contributed by atoms with Gasteiger partial charge in [-0.25, -0.2) is 24.0 Å². The molecule has 32 heavy (non-hydrogen) atoms. The van der Waals surface area contributed by atoms with E-state index in [0.717, 1.165) is 30.4 Å². The first kappa shape index (κ1) is 28.0. The Morgan fingerprint density at radius 1 is 0.594 bits per heavy atom. The monoisotopic (exact) mass is 452 g/mol. The van der Waals surface area contributed by atoms with E-state index in [2.05, 4.69) is 32.9 Å². The molecule has 0 rings (SSSR count). The van der Waals surface area contributed by atoms with Crippen LogP contribution in [0.25, 0.3) is 0 Å². The molecule has 11 nitrogen and oxygen atoms in total. The van der Waals surface area contributed by atoms with Gasteiger partial charge in [-0.1, -0.05) is 32.9 Å². The van der Waals surface area contributed by atoms with Crippen molar-refractivity contribution in [1.29, 1.82) is 0 Å². The normalized spacial score (nSPS) is 13.5. The summed E-state index contributed by atoms with van der Waals surface area (Å²) in [5.74, 6) is -5.11. The van der Waals surface area contributed by atoms with Gasteiger partial charge in [-0.3, -0.25) is 0 Å². The molecule has 0 aliphatic rings. The maximum Gasteiger partial charge on any atom is 0.330 e. The van der Waals surface area contributed by atoms with Gasteiger partial charge in [0.05, 0.1) is 6.61 Å². The third-order valence-corrected chi connectivity index (χ3v) is 3.50. The van der Waals surface area contributed by atoms with Gasteiger partial charge in [-0.2, -0.15) is 0 Å². The second kappa shape index (κ2) is 14.9. The van der Waals surface area contributed by atoms with E-state index in [0.29, 0.717) is 0 Å². The standard InChI is InChI=1S/C21H24O11/c1-6-15(23)28-12-14(30-17(25)8-3)21(32-19(27)10-5)20(31-18(26)9-4)13(11-22)29-16(24)7-2/h6-10,13-14,20-22H,1-5,11-12H2/t13-,14-,20-,21-/m1/s1. The smallest absolute Gasteiger partial charge is 0.330 e. The van der Waals surface area contributed by atoms with Gasteiger partial charge in [0.15, 0.2) is 24.4 Å². The van der Waals surface area contributed by atoms with Gasteiger partial charge in [-0.05, 0) is 0 Å². The van der Waals surface area contributed by atoms with E-state index in [-0.39, 0.29) is 0 Å². The van der Waals surface area contributed by atoms with Crippen LogP contribution in [0.3, 0.4) is 0 Å². The number of carbonyl (C=O) groups is 5. The summed E-state index contributed by atoms with van der Waals surface area (Å²) in [6.45, 7) is 14.5. The Bertz CT molecular complexity index is 768. The van der Waals surface area contributed by atoms with Gasteiger partial charge in [0.2, 0.25) is 0 Å². The summed E-state index contributed by atoms with van der Waals surface area (Å²) in [4.78, 5) is 58.9. The molecule has 0 amide bonds. The Hall–Kier alpha value is -3.99. The van der Waals surface area contributed by atoms with E-state index in [4.69, 9.17) is 23.7 Å². The van der Waals surface area contributed by atoms with Crippen molar-refractivity contribution in [3.8, 4) is 0 Å². The van der Waals surface area contributed by atoms with Gasteiger partial charge in [0, 0.05) is 30.4 Å². The predicted octanol–water partition coefficient (Wildman–Crippen LogP) is 0.0991. The second-order valence-corrected chi connectivity index (χ2v) is 5.59. The fourth-order valence-electron chi connectivity index (χ4n) is 2.10. The molecule has 1 N–H and O–H groups in total. The molecule has 0 aromatic heterocycles. The van der Waals surface area contributed by atoms with Crippen molar-refractivity contribution in [3.05, 3.63) is 63.3 Å². The fourth-order valence-corrected chi connectivity index (χ4v) is 2.10. The van der Waals surface area contributed by atoms with E-state index < -0.39 is 67.5 Å². The van der Waals surface area contributed by atoms with Crippen LogP contribution in [0, 0.1) is 0 Å². The molecule has 0 fully saturated rings. The molecule has 0 aliphatic heterocycles. The number of rotatable bonds is 15. The molecule has 0 radical (unpaired) electrons. The summed E-state index contributed by atoms with van der Waals surface area (Å²) < 4.78 is 25.2. The zero-order chi connectivity index (χ0) is 24.7. The van der Waals surface area contributed by atoms with Gasteiger partial charge in [-0.15, -0.1) is 0 Å². The van der Waals surface area contributed by atoms with Gasteiger partial charge < -0.3 is 28.8 Å².